The number of carbonyl (C=O) groups excluding carboxylic acids is 1. The summed E-state index contributed by atoms with van der Waals surface area (Å²) in [6, 6.07) is 27.0. The second-order valence-corrected chi connectivity index (χ2v) is 9.06. The molecule has 0 saturated heterocycles. The first-order valence-electron chi connectivity index (χ1n) is 10.5. The zero-order valence-electron chi connectivity index (χ0n) is 18.3. The predicted octanol–water partition coefficient (Wildman–Crippen LogP) is 7.69. The van der Waals surface area contributed by atoms with Crippen molar-refractivity contribution in [3.63, 3.8) is 0 Å². The number of ether oxygens (including phenoxy) is 1. The summed E-state index contributed by atoms with van der Waals surface area (Å²) >= 11 is 9.60. The number of amides is 1. The first kappa shape index (κ1) is 23.6. The largest absolute Gasteiger partial charge is 0.488 e. The van der Waals surface area contributed by atoms with Crippen LogP contribution in [0.2, 0.25) is 5.02 Å². The lowest BCUT2D eigenvalue weighted by Crippen LogP contribution is -2.13. The van der Waals surface area contributed by atoms with Crippen LogP contribution in [0.5, 0.6) is 5.75 Å². The molecule has 1 amide bonds. The van der Waals surface area contributed by atoms with Crippen LogP contribution in [0.1, 0.15) is 16.7 Å². The number of nitrogens with one attached hydrogen (secondary N) is 1. The van der Waals surface area contributed by atoms with E-state index in [0.717, 1.165) is 26.4 Å². The fraction of sp³-hybridized carbons (Fsp3) is 0.0714. The normalized spacial score (nSPS) is 11.2. The second-order valence-electron chi connectivity index (χ2n) is 7.74. The fourth-order valence-corrected chi connectivity index (χ4v) is 3.99. The molecule has 0 radical (unpaired) electrons. The molecule has 0 saturated carbocycles. The van der Waals surface area contributed by atoms with Crippen molar-refractivity contribution in [2.75, 3.05) is 5.32 Å². The van der Waals surface area contributed by atoms with Gasteiger partial charge in [-0.3, -0.25) is 4.79 Å². The number of anilines is 1. The maximum absolute atomic E-state index is 12.7. The number of benzene rings is 4. The summed E-state index contributed by atoms with van der Waals surface area (Å²) in [4.78, 5) is 12.7. The van der Waals surface area contributed by atoms with Gasteiger partial charge in [0.15, 0.2) is 0 Å². The van der Waals surface area contributed by atoms with E-state index in [2.05, 4.69) is 45.5 Å². The Bertz CT molecular complexity index is 1460. The Labute approximate surface area is 211 Å². The minimum Gasteiger partial charge on any atom is -0.488 e. The number of halogens is 2. The number of aryl methyl sites for hydroxylation is 1. The molecular weight excluding hydrogens is 512 g/mol. The summed E-state index contributed by atoms with van der Waals surface area (Å²) in [5.41, 5.74) is 3.00. The highest BCUT2D eigenvalue weighted by molar-refractivity contribution is 9.10. The molecule has 0 spiro atoms. The van der Waals surface area contributed by atoms with Gasteiger partial charge in [-0.1, -0.05) is 70.0 Å². The third kappa shape index (κ3) is 5.66. The lowest BCUT2D eigenvalue weighted by Gasteiger charge is -2.11. The molecule has 0 unspecified atom stereocenters. The van der Waals surface area contributed by atoms with Gasteiger partial charge < -0.3 is 10.1 Å². The summed E-state index contributed by atoms with van der Waals surface area (Å²) in [5, 5.41) is 15.2. The highest BCUT2D eigenvalue weighted by Gasteiger charge is 2.13. The molecule has 6 heteroatoms. The van der Waals surface area contributed by atoms with Crippen LogP contribution in [-0.2, 0) is 11.4 Å². The smallest absolute Gasteiger partial charge is 0.266 e. The van der Waals surface area contributed by atoms with Crippen molar-refractivity contribution in [3.05, 3.63) is 111 Å². The number of hydrogen-bond donors (Lipinski definition) is 1. The van der Waals surface area contributed by atoms with Gasteiger partial charge in [-0.15, -0.1) is 0 Å². The van der Waals surface area contributed by atoms with Crippen LogP contribution in [0.15, 0.2) is 88.9 Å². The summed E-state index contributed by atoms with van der Waals surface area (Å²) in [6.07, 6.45) is 1.52. The number of nitrogens with zero attached hydrogens (tertiary/aromatic N) is 1. The van der Waals surface area contributed by atoms with Crippen LogP contribution in [0.25, 0.3) is 16.8 Å². The van der Waals surface area contributed by atoms with Crippen molar-refractivity contribution in [1.29, 1.82) is 5.26 Å². The molecule has 0 aliphatic carbocycles. The molecule has 0 aliphatic rings. The number of nitriles is 1. The highest BCUT2D eigenvalue weighted by atomic mass is 79.9. The quantitative estimate of drug-likeness (QED) is 0.205. The number of hydrogen-bond acceptors (Lipinski definition) is 3. The molecule has 4 rings (SSSR count). The van der Waals surface area contributed by atoms with Crippen molar-refractivity contribution < 1.29 is 9.53 Å². The summed E-state index contributed by atoms with van der Waals surface area (Å²) in [6.45, 7) is 2.23. The van der Waals surface area contributed by atoms with Crippen LogP contribution in [0, 0.1) is 18.3 Å². The van der Waals surface area contributed by atoms with Gasteiger partial charge in [0.25, 0.3) is 5.91 Å². The van der Waals surface area contributed by atoms with Gasteiger partial charge in [-0.2, -0.15) is 5.26 Å². The monoisotopic (exact) mass is 530 g/mol. The van der Waals surface area contributed by atoms with Gasteiger partial charge in [0.1, 0.15) is 24.0 Å². The van der Waals surface area contributed by atoms with Crippen LogP contribution < -0.4 is 10.1 Å². The molecule has 0 aromatic heterocycles. The van der Waals surface area contributed by atoms with Gasteiger partial charge in [0, 0.05) is 20.7 Å². The molecule has 0 atom stereocenters. The van der Waals surface area contributed by atoms with E-state index in [1.807, 2.05) is 49.4 Å². The lowest BCUT2D eigenvalue weighted by atomic mass is 10.1. The fourth-order valence-electron chi connectivity index (χ4n) is 3.43. The summed E-state index contributed by atoms with van der Waals surface area (Å²) in [5.74, 6) is 0.0400. The number of carbonyl (C=O) groups is 1. The molecule has 1 N–H and O–H groups in total. The van der Waals surface area contributed by atoms with E-state index in [0.29, 0.717) is 28.6 Å². The van der Waals surface area contributed by atoms with Crippen molar-refractivity contribution >= 4 is 56.0 Å². The molecule has 4 aromatic carbocycles. The van der Waals surface area contributed by atoms with E-state index >= 15 is 0 Å². The molecule has 0 fully saturated rings. The second kappa shape index (κ2) is 10.6. The van der Waals surface area contributed by atoms with E-state index in [4.69, 9.17) is 16.3 Å². The zero-order chi connectivity index (χ0) is 24.1. The Kier molecular flexibility index (Phi) is 7.32. The molecule has 34 heavy (non-hydrogen) atoms. The first-order valence-corrected chi connectivity index (χ1v) is 11.7. The molecule has 0 aliphatic heterocycles. The summed E-state index contributed by atoms with van der Waals surface area (Å²) < 4.78 is 6.88. The van der Waals surface area contributed by atoms with Crippen molar-refractivity contribution in [3.8, 4) is 11.8 Å². The Morgan fingerprint density at radius 3 is 2.62 bits per heavy atom. The van der Waals surface area contributed by atoms with Gasteiger partial charge in [-0.25, -0.2) is 0 Å². The third-order valence-corrected chi connectivity index (χ3v) is 6.18. The molecule has 4 aromatic rings. The predicted molar refractivity (Wildman–Crippen MR) is 141 cm³/mol. The van der Waals surface area contributed by atoms with E-state index in [1.54, 1.807) is 18.2 Å². The molecule has 0 heterocycles. The van der Waals surface area contributed by atoms with E-state index < -0.39 is 5.91 Å². The van der Waals surface area contributed by atoms with Gasteiger partial charge >= 0.3 is 0 Å². The minimum absolute atomic E-state index is 0.0506. The lowest BCUT2D eigenvalue weighted by molar-refractivity contribution is -0.112. The average Bonchev–Trinajstić information content (AvgIpc) is 2.84. The van der Waals surface area contributed by atoms with Crippen LogP contribution >= 0.6 is 27.5 Å². The molecule has 4 nitrogen and oxygen atoms in total. The van der Waals surface area contributed by atoms with Crippen molar-refractivity contribution in [2.45, 2.75) is 13.5 Å². The zero-order valence-corrected chi connectivity index (χ0v) is 20.7. The number of fused-ring (bicyclic) bond motifs is 1. The minimum atomic E-state index is -0.525. The third-order valence-electron chi connectivity index (χ3n) is 5.27. The summed E-state index contributed by atoms with van der Waals surface area (Å²) in [7, 11) is 0. The Balaban J connectivity index is 1.56. The van der Waals surface area contributed by atoms with Gasteiger partial charge in [0.05, 0.1) is 0 Å². The standard InChI is InChI=1S/C28H20BrClN2O2/c1-18-6-10-25(15-26(18)30)32-28(33)23(16-31)13-22-14-24(29)9-11-27(22)34-17-19-7-8-20-4-2-3-5-21(20)12-19/h2-15H,17H2,1H3,(H,32,33)/b23-13-. The Morgan fingerprint density at radius 2 is 1.85 bits per heavy atom. The van der Waals surface area contributed by atoms with E-state index in [9.17, 15) is 10.1 Å². The maximum atomic E-state index is 12.7. The Hall–Kier alpha value is -3.59. The average molecular weight is 532 g/mol. The number of rotatable bonds is 6. The van der Waals surface area contributed by atoms with Crippen LogP contribution in [-0.4, -0.2) is 5.91 Å². The van der Waals surface area contributed by atoms with E-state index in [1.165, 1.54) is 6.08 Å². The van der Waals surface area contributed by atoms with Crippen molar-refractivity contribution in [2.24, 2.45) is 0 Å². The highest BCUT2D eigenvalue weighted by Crippen LogP contribution is 2.27. The molecular formula is C28H20BrClN2O2. The topological polar surface area (TPSA) is 62.1 Å². The van der Waals surface area contributed by atoms with Crippen LogP contribution in [0.4, 0.5) is 5.69 Å². The van der Waals surface area contributed by atoms with Gasteiger partial charge in [0.2, 0.25) is 0 Å². The first-order chi connectivity index (χ1) is 16.4. The van der Waals surface area contributed by atoms with Crippen molar-refractivity contribution in [1.82, 2.24) is 0 Å². The van der Waals surface area contributed by atoms with Crippen LogP contribution in [0.3, 0.4) is 0 Å². The Morgan fingerprint density at radius 1 is 1.06 bits per heavy atom. The van der Waals surface area contributed by atoms with Gasteiger partial charge in [-0.05, 0) is 71.3 Å². The SMILES string of the molecule is Cc1ccc(NC(=O)/C(C#N)=C\c2cc(Br)ccc2OCc2ccc3ccccc3c2)cc1Cl. The van der Waals surface area contributed by atoms with E-state index in [-0.39, 0.29) is 5.57 Å². The molecule has 0 bridgehead atoms. The molecule has 168 valence electrons. The maximum Gasteiger partial charge on any atom is 0.266 e.